The van der Waals surface area contributed by atoms with Crippen molar-refractivity contribution in [1.29, 1.82) is 5.26 Å². The van der Waals surface area contributed by atoms with Gasteiger partial charge in [0.1, 0.15) is 11.9 Å². The first kappa shape index (κ1) is 17.7. The number of nitriles is 1. The largest absolute Gasteiger partial charge is 0.366 e. The van der Waals surface area contributed by atoms with Crippen molar-refractivity contribution in [3.8, 4) is 6.07 Å². The summed E-state index contributed by atoms with van der Waals surface area (Å²) in [6.45, 7) is 6.11. The summed E-state index contributed by atoms with van der Waals surface area (Å²) in [5, 5.41) is 9.93. The number of likely N-dealkylation sites (tertiary alicyclic amines) is 1. The summed E-state index contributed by atoms with van der Waals surface area (Å²) in [5.74, 6) is -1.83. The van der Waals surface area contributed by atoms with Gasteiger partial charge in [-0.15, -0.1) is 0 Å². The third-order valence-electron chi connectivity index (χ3n) is 4.95. The van der Waals surface area contributed by atoms with E-state index in [2.05, 4.69) is 17.6 Å². The molecule has 26 heavy (non-hydrogen) atoms. The summed E-state index contributed by atoms with van der Waals surface area (Å²) in [7, 11) is 0. The number of carbonyl (C=O) groups is 2. The summed E-state index contributed by atoms with van der Waals surface area (Å²) in [6, 6.07) is 3.21. The number of piperidine rings is 1. The van der Waals surface area contributed by atoms with Crippen LogP contribution in [0.15, 0.2) is 18.7 Å². The Morgan fingerprint density at radius 2 is 2.27 bits per heavy atom. The lowest BCUT2D eigenvalue weighted by Gasteiger charge is -2.33. The highest BCUT2D eigenvalue weighted by Gasteiger charge is 2.30. The minimum Gasteiger partial charge on any atom is -0.366 e. The van der Waals surface area contributed by atoms with E-state index in [1.54, 1.807) is 11.8 Å². The molecule has 0 aliphatic carbocycles. The molecule has 1 aliphatic heterocycles. The second-order valence-electron chi connectivity index (χ2n) is 6.50. The number of aryl methyl sites for hydroxylation is 1. The maximum Gasteiger partial charge on any atom is 0.250 e. The SMILES string of the molecule is C=CC(=O)N1CCCC(c2c(F)cc(C(N)=O)c3[nH]c(C)c(C#N)c23)C1. The van der Waals surface area contributed by atoms with E-state index in [-0.39, 0.29) is 17.4 Å². The van der Waals surface area contributed by atoms with E-state index in [1.165, 1.54) is 6.08 Å². The van der Waals surface area contributed by atoms with E-state index < -0.39 is 11.7 Å². The third-order valence-corrected chi connectivity index (χ3v) is 4.95. The number of hydrogen-bond donors (Lipinski definition) is 2. The average Bonchev–Trinajstić information content (AvgIpc) is 2.95. The number of H-pyrrole nitrogens is 1. The van der Waals surface area contributed by atoms with Crippen molar-refractivity contribution in [1.82, 2.24) is 9.88 Å². The number of carbonyl (C=O) groups excluding carboxylic acids is 2. The number of fused-ring (bicyclic) bond motifs is 1. The van der Waals surface area contributed by atoms with Gasteiger partial charge in [-0.1, -0.05) is 6.58 Å². The van der Waals surface area contributed by atoms with Crippen molar-refractivity contribution >= 4 is 22.7 Å². The maximum atomic E-state index is 15.0. The Balaban J connectivity index is 2.23. The van der Waals surface area contributed by atoms with Crippen molar-refractivity contribution in [2.24, 2.45) is 5.73 Å². The van der Waals surface area contributed by atoms with Gasteiger partial charge in [0.25, 0.3) is 5.91 Å². The van der Waals surface area contributed by atoms with Crippen LogP contribution in [0.3, 0.4) is 0 Å². The Morgan fingerprint density at radius 1 is 1.54 bits per heavy atom. The number of benzene rings is 1. The van der Waals surface area contributed by atoms with Crippen LogP contribution in [0.4, 0.5) is 4.39 Å². The van der Waals surface area contributed by atoms with E-state index in [1.807, 2.05) is 0 Å². The highest BCUT2D eigenvalue weighted by Crippen LogP contribution is 2.38. The number of nitrogens with one attached hydrogen (secondary N) is 1. The lowest BCUT2D eigenvalue weighted by Crippen LogP contribution is -2.38. The zero-order valence-corrected chi connectivity index (χ0v) is 14.4. The Hall–Kier alpha value is -3.14. The standard InChI is InChI=1S/C19H19FN4O2/c1-3-15(25)24-6-4-5-11(9-24)16-14(20)7-12(19(22)26)18-17(16)13(8-21)10(2)23-18/h3,7,11,23H,1,4-6,9H2,2H3,(H2,22,26). The number of primary amides is 1. The number of aromatic nitrogens is 1. The number of nitrogens with two attached hydrogens (primary N) is 1. The predicted octanol–water partition coefficient (Wildman–Crippen LogP) is 2.48. The molecule has 6 nitrogen and oxygen atoms in total. The zero-order valence-electron chi connectivity index (χ0n) is 14.4. The van der Waals surface area contributed by atoms with Gasteiger partial charge in [-0.2, -0.15) is 5.26 Å². The fourth-order valence-corrected chi connectivity index (χ4v) is 3.77. The molecule has 1 aromatic carbocycles. The second-order valence-corrected chi connectivity index (χ2v) is 6.50. The quantitative estimate of drug-likeness (QED) is 0.828. The fourth-order valence-electron chi connectivity index (χ4n) is 3.77. The van der Waals surface area contributed by atoms with Gasteiger partial charge >= 0.3 is 0 Å². The lowest BCUT2D eigenvalue weighted by molar-refractivity contribution is -0.127. The highest BCUT2D eigenvalue weighted by atomic mass is 19.1. The molecule has 1 atom stereocenters. The topological polar surface area (TPSA) is 103 Å². The maximum absolute atomic E-state index is 15.0. The van der Waals surface area contributed by atoms with Crippen molar-refractivity contribution in [2.75, 3.05) is 13.1 Å². The minimum absolute atomic E-state index is 0.0145. The number of amides is 2. The molecule has 3 N–H and O–H groups in total. The van der Waals surface area contributed by atoms with E-state index in [0.717, 1.165) is 6.07 Å². The molecule has 0 radical (unpaired) electrons. The Labute approximate surface area is 150 Å². The third kappa shape index (κ3) is 2.73. The predicted molar refractivity (Wildman–Crippen MR) is 95.0 cm³/mol. The molecule has 0 spiro atoms. The number of nitrogens with zero attached hydrogens (tertiary/aromatic N) is 2. The molecule has 1 fully saturated rings. The fraction of sp³-hybridized carbons (Fsp3) is 0.316. The molecular weight excluding hydrogens is 335 g/mol. The van der Waals surface area contributed by atoms with Crippen molar-refractivity contribution in [3.05, 3.63) is 46.9 Å². The molecule has 2 heterocycles. The minimum atomic E-state index is -0.765. The zero-order chi connectivity index (χ0) is 19.0. The van der Waals surface area contributed by atoms with Crippen LogP contribution in [0.5, 0.6) is 0 Å². The van der Waals surface area contributed by atoms with Gasteiger partial charge in [-0.25, -0.2) is 4.39 Å². The number of halogens is 1. The van der Waals surface area contributed by atoms with Crippen LogP contribution in [-0.2, 0) is 4.79 Å². The average molecular weight is 354 g/mol. The molecule has 1 unspecified atom stereocenters. The summed E-state index contributed by atoms with van der Waals surface area (Å²) in [5.41, 5.74) is 6.97. The first-order chi connectivity index (χ1) is 12.4. The van der Waals surface area contributed by atoms with Crippen LogP contribution in [0, 0.1) is 24.1 Å². The highest BCUT2D eigenvalue weighted by molar-refractivity contribution is 6.08. The summed E-state index contributed by atoms with van der Waals surface area (Å²) in [6.07, 6.45) is 2.64. The molecule has 134 valence electrons. The van der Waals surface area contributed by atoms with Gasteiger partial charge in [-0.05, 0) is 31.9 Å². The van der Waals surface area contributed by atoms with Gasteiger partial charge in [-0.3, -0.25) is 9.59 Å². The van der Waals surface area contributed by atoms with Crippen molar-refractivity contribution in [2.45, 2.75) is 25.7 Å². The molecule has 7 heteroatoms. The summed E-state index contributed by atoms with van der Waals surface area (Å²) < 4.78 is 15.0. The smallest absolute Gasteiger partial charge is 0.250 e. The normalized spacial score (nSPS) is 17.1. The number of rotatable bonds is 3. The summed E-state index contributed by atoms with van der Waals surface area (Å²) >= 11 is 0. The molecule has 2 amide bonds. The number of aromatic amines is 1. The molecule has 1 saturated heterocycles. The van der Waals surface area contributed by atoms with Gasteiger partial charge in [0.2, 0.25) is 5.91 Å². The van der Waals surface area contributed by atoms with Crippen LogP contribution in [-0.4, -0.2) is 34.8 Å². The second kappa shape index (κ2) is 6.64. The van der Waals surface area contributed by atoms with Crippen LogP contribution in [0.1, 0.15) is 45.9 Å². The molecule has 2 aromatic rings. The van der Waals surface area contributed by atoms with Gasteiger partial charge in [0, 0.05) is 35.7 Å². The molecule has 3 rings (SSSR count). The Kier molecular flexibility index (Phi) is 4.51. The van der Waals surface area contributed by atoms with Crippen molar-refractivity contribution in [3.63, 3.8) is 0 Å². The van der Waals surface area contributed by atoms with Gasteiger partial charge < -0.3 is 15.6 Å². The first-order valence-electron chi connectivity index (χ1n) is 8.35. The monoisotopic (exact) mass is 354 g/mol. The van der Waals surface area contributed by atoms with Crippen molar-refractivity contribution < 1.29 is 14.0 Å². The lowest BCUT2D eigenvalue weighted by atomic mass is 9.86. The first-order valence-corrected chi connectivity index (χ1v) is 8.35. The van der Waals surface area contributed by atoms with Gasteiger partial charge in [0.15, 0.2) is 0 Å². The Bertz CT molecular complexity index is 970. The van der Waals surface area contributed by atoms with E-state index >= 15 is 4.39 Å². The van der Waals surface area contributed by atoms with Crippen LogP contribution < -0.4 is 5.73 Å². The van der Waals surface area contributed by atoms with Crippen LogP contribution in [0.25, 0.3) is 10.9 Å². The molecule has 1 aromatic heterocycles. The van der Waals surface area contributed by atoms with Crippen LogP contribution >= 0.6 is 0 Å². The molecule has 0 bridgehead atoms. The van der Waals surface area contributed by atoms with E-state index in [9.17, 15) is 14.9 Å². The summed E-state index contributed by atoms with van der Waals surface area (Å²) in [4.78, 5) is 28.3. The molecule has 1 aliphatic rings. The van der Waals surface area contributed by atoms with E-state index in [4.69, 9.17) is 5.73 Å². The Morgan fingerprint density at radius 3 is 2.88 bits per heavy atom. The van der Waals surface area contributed by atoms with Crippen LogP contribution in [0.2, 0.25) is 0 Å². The molecule has 0 saturated carbocycles. The molecular formula is C19H19FN4O2. The van der Waals surface area contributed by atoms with Gasteiger partial charge in [0.05, 0.1) is 16.6 Å². The van der Waals surface area contributed by atoms with E-state index in [0.29, 0.717) is 53.7 Å². The number of hydrogen-bond acceptors (Lipinski definition) is 3.